The van der Waals surface area contributed by atoms with Crippen molar-refractivity contribution in [3.8, 4) is 0 Å². The van der Waals surface area contributed by atoms with Crippen molar-refractivity contribution < 1.29 is 4.39 Å². The molecule has 0 unspecified atom stereocenters. The Morgan fingerprint density at radius 1 is 0.938 bits per heavy atom. The summed E-state index contributed by atoms with van der Waals surface area (Å²) in [5.41, 5.74) is 1.96. The normalized spacial score (nSPS) is 10.4. The second-order valence-corrected chi connectivity index (χ2v) is 3.86. The van der Waals surface area contributed by atoms with E-state index in [4.69, 9.17) is 11.6 Å². The lowest BCUT2D eigenvalue weighted by atomic mass is 10.1. The number of hydrogen-bond donors (Lipinski definition) is 0. The smallest absolute Gasteiger partial charge is 0.151 e. The van der Waals surface area contributed by atoms with Crippen molar-refractivity contribution in [3.63, 3.8) is 0 Å². The maximum Gasteiger partial charge on any atom is 0.151 e. The molecule has 2 nitrogen and oxygen atoms in total. The van der Waals surface area contributed by atoms with Gasteiger partial charge in [0.2, 0.25) is 0 Å². The van der Waals surface area contributed by atoms with Crippen LogP contribution >= 0.6 is 11.6 Å². The number of nitrogens with zero attached hydrogens (tertiary/aromatic N) is 2. The van der Waals surface area contributed by atoms with Crippen LogP contribution in [0.3, 0.4) is 0 Å². The van der Waals surface area contributed by atoms with E-state index in [1.165, 1.54) is 12.1 Å². The first-order chi connectivity index (χ1) is 7.74. The molecular formula is C12H10ClFN2. The van der Waals surface area contributed by atoms with Gasteiger partial charge < -0.3 is 0 Å². The predicted molar refractivity (Wildman–Crippen MR) is 60.9 cm³/mol. The fraction of sp³-hybridized carbons (Fsp3) is 0.167. The van der Waals surface area contributed by atoms with Gasteiger partial charge in [-0.1, -0.05) is 23.7 Å². The summed E-state index contributed by atoms with van der Waals surface area (Å²) < 4.78 is 12.7. The lowest BCUT2D eigenvalue weighted by molar-refractivity contribution is 0.627. The van der Waals surface area contributed by atoms with E-state index < -0.39 is 0 Å². The summed E-state index contributed by atoms with van der Waals surface area (Å²) in [6, 6.07) is 10.0. The van der Waals surface area contributed by atoms with Crippen LogP contribution in [-0.2, 0) is 12.8 Å². The number of hydrogen-bond acceptors (Lipinski definition) is 2. The van der Waals surface area contributed by atoms with Crippen molar-refractivity contribution in [3.05, 3.63) is 58.6 Å². The van der Waals surface area contributed by atoms with Crippen LogP contribution in [0, 0.1) is 5.82 Å². The summed E-state index contributed by atoms with van der Waals surface area (Å²) in [7, 11) is 0. The molecule has 0 saturated carbocycles. The van der Waals surface area contributed by atoms with Crippen LogP contribution in [0.2, 0.25) is 5.15 Å². The van der Waals surface area contributed by atoms with E-state index >= 15 is 0 Å². The Morgan fingerprint density at radius 3 is 2.31 bits per heavy atom. The van der Waals surface area contributed by atoms with Crippen LogP contribution < -0.4 is 0 Å². The van der Waals surface area contributed by atoms with E-state index in [0.29, 0.717) is 5.15 Å². The Bertz CT molecular complexity index is 408. The predicted octanol–water partition coefficient (Wildman–Crippen LogP) is 3.05. The maximum absolute atomic E-state index is 12.7. The van der Waals surface area contributed by atoms with E-state index in [1.54, 1.807) is 18.2 Å². The SMILES string of the molecule is Fc1ccc(CCc2ccc(Cl)nn2)cc1. The van der Waals surface area contributed by atoms with Crippen LogP contribution in [0.1, 0.15) is 11.3 Å². The van der Waals surface area contributed by atoms with E-state index in [-0.39, 0.29) is 5.82 Å². The summed E-state index contributed by atoms with van der Waals surface area (Å²) in [5, 5.41) is 8.11. The van der Waals surface area contributed by atoms with Gasteiger partial charge in [0.25, 0.3) is 0 Å². The molecule has 1 aromatic heterocycles. The van der Waals surface area contributed by atoms with E-state index in [2.05, 4.69) is 10.2 Å². The van der Waals surface area contributed by atoms with E-state index in [1.807, 2.05) is 6.07 Å². The minimum absolute atomic E-state index is 0.213. The summed E-state index contributed by atoms with van der Waals surface area (Å²) in [4.78, 5) is 0. The second-order valence-electron chi connectivity index (χ2n) is 3.47. The molecule has 0 N–H and O–H groups in total. The van der Waals surface area contributed by atoms with E-state index in [0.717, 1.165) is 24.1 Å². The van der Waals surface area contributed by atoms with Gasteiger partial charge in [-0.05, 0) is 42.7 Å². The molecule has 0 radical (unpaired) electrons. The molecule has 82 valence electrons. The highest BCUT2D eigenvalue weighted by molar-refractivity contribution is 6.29. The molecule has 0 atom stereocenters. The summed E-state index contributed by atoms with van der Waals surface area (Å²) in [6.45, 7) is 0. The van der Waals surface area contributed by atoms with Crippen LogP contribution in [0.15, 0.2) is 36.4 Å². The van der Waals surface area contributed by atoms with Gasteiger partial charge in [-0.15, -0.1) is 5.10 Å². The third kappa shape index (κ3) is 3.00. The summed E-state index contributed by atoms with van der Waals surface area (Å²) in [5.74, 6) is -0.213. The topological polar surface area (TPSA) is 25.8 Å². The first-order valence-electron chi connectivity index (χ1n) is 4.96. The van der Waals surface area contributed by atoms with Crippen LogP contribution in [0.4, 0.5) is 4.39 Å². The number of aryl methyl sites for hydroxylation is 2. The van der Waals surface area contributed by atoms with Crippen molar-refractivity contribution in [2.75, 3.05) is 0 Å². The average Bonchev–Trinajstić information content (AvgIpc) is 2.30. The van der Waals surface area contributed by atoms with Crippen molar-refractivity contribution in [1.82, 2.24) is 10.2 Å². The zero-order valence-electron chi connectivity index (χ0n) is 8.53. The van der Waals surface area contributed by atoms with Crippen molar-refractivity contribution >= 4 is 11.6 Å². The highest BCUT2D eigenvalue weighted by Crippen LogP contribution is 2.08. The van der Waals surface area contributed by atoms with Crippen LogP contribution in [-0.4, -0.2) is 10.2 Å². The first kappa shape index (κ1) is 11.0. The number of aromatic nitrogens is 2. The standard InChI is InChI=1S/C12H10ClFN2/c13-12-8-7-11(15-16-12)6-3-9-1-4-10(14)5-2-9/h1-2,4-5,7-8H,3,6H2. The number of benzene rings is 1. The fourth-order valence-electron chi connectivity index (χ4n) is 1.40. The quantitative estimate of drug-likeness (QED) is 0.819. The molecule has 1 heterocycles. The van der Waals surface area contributed by atoms with Crippen LogP contribution in [0.5, 0.6) is 0 Å². The molecule has 2 rings (SSSR count). The lowest BCUT2D eigenvalue weighted by Gasteiger charge is -2.00. The molecule has 0 spiro atoms. The van der Waals surface area contributed by atoms with Gasteiger partial charge in [0.05, 0.1) is 5.69 Å². The highest BCUT2D eigenvalue weighted by Gasteiger charge is 1.98. The molecule has 16 heavy (non-hydrogen) atoms. The summed E-state index contributed by atoms with van der Waals surface area (Å²) in [6.07, 6.45) is 1.59. The Balaban J connectivity index is 1.97. The molecule has 2 aromatic rings. The first-order valence-corrected chi connectivity index (χ1v) is 5.34. The third-order valence-corrected chi connectivity index (χ3v) is 2.47. The van der Waals surface area contributed by atoms with Gasteiger partial charge in [0, 0.05) is 0 Å². The Kier molecular flexibility index (Phi) is 3.47. The van der Waals surface area contributed by atoms with Gasteiger partial charge in [-0.2, -0.15) is 5.10 Å². The van der Waals surface area contributed by atoms with Gasteiger partial charge in [-0.3, -0.25) is 0 Å². The molecule has 0 bridgehead atoms. The minimum atomic E-state index is -0.213. The van der Waals surface area contributed by atoms with Gasteiger partial charge in [0.1, 0.15) is 5.82 Å². The maximum atomic E-state index is 12.7. The molecule has 1 aromatic carbocycles. The van der Waals surface area contributed by atoms with Gasteiger partial charge >= 0.3 is 0 Å². The Hall–Kier alpha value is -1.48. The lowest BCUT2D eigenvalue weighted by Crippen LogP contribution is -1.96. The van der Waals surface area contributed by atoms with Crippen LogP contribution in [0.25, 0.3) is 0 Å². The second kappa shape index (κ2) is 5.03. The molecule has 4 heteroatoms. The molecule has 0 aliphatic heterocycles. The molecule has 0 aliphatic rings. The highest BCUT2D eigenvalue weighted by atomic mass is 35.5. The molecule has 0 aliphatic carbocycles. The average molecular weight is 237 g/mol. The zero-order valence-corrected chi connectivity index (χ0v) is 9.28. The zero-order chi connectivity index (χ0) is 11.4. The Labute approximate surface area is 98.1 Å². The third-order valence-electron chi connectivity index (χ3n) is 2.27. The van der Waals surface area contributed by atoms with Gasteiger partial charge in [0.15, 0.2) is 5.15 Å². The molecular weight excluding hydrogens is 227 g/mol. The molecule has 0 saturated heterocycles. The molecule has 0 amide bonds. The minimum Gasteiger partial charge on any atom is -0.207 e. The van der Waals surface area contributed by atoms with Crippen molar-refractivity contribution in [2.45, 2.75) is 12.8 Å². The Morgan fingerprint density at radius 2 is 1.69 bits per heavy atom. The van der Waals surface area contributed by atoms with E-state index in [9.17, 15) is 4.39 Å². The monoisotopic (exact) mass is 236 g/mol. The summed E-state index contributed by atoms with van der Waals surface area (Å²) >= 11 is 5.63. The fourth-order valence-corrected chi connectivity index (χ4v) is 1.50. The number of rotatable bonds is 3. The van der Waals surface area contributed by atoms with Crippen molar-refractivity contribution in [2.24, 2.45) is 0 Å². The largest absolute Gasteiger partial charge is 0.207 e. The number of halogens is 2. The van der Waals surface area contributed by atoms with Gasteiger partial charge in [-0.25, -0.2) is 4.39 Å². The van der Waals surface area contributed by atoms with Crippen molar-refractivity contribution in [1.29, 1.82) is 0 Å². The molecule has 0 fully saturated rings.